The normalized spacial score (nSPS) is 14.8. The van der Waals surface area contributed by atoms with Gasteiger partial charge in [-0.25, -0.2) is 0 Å². The zero-order valence-electron chi connectivity index (χ0n) is 19.2. The van der Waals surface area contributed by atoms with Crippen molar-refractivity contribution in [1.82, 2.24) is 20.2 Å². The van der Waals surface area contributed by atoms with E-state index in [1.807, 2.05) is 86.6 Å². The van der Waals surface area contributed by atoms with Gasteiger partial charge < -0.3 is 15.4 Å². The third kappa shape index (κ3) is 4.95. The van der Waals surface area contributed by atoms with Gasteiger partial charge in [0, 0.05) is 15.9 Å². The summed E-state index contributed by atoms with van der Waals surface area (Å²) in [6.07, 6.45) is 0. The molecular weight excluding hydrogens is 508 g/mol. The molecule has 0 saturated carbocycles. The Labute approximate surface area is 211 Å². The van der Waals surface area contributed by atoms with E-state index < -0.39 is 6.04 Å². The van der Waals surface area contributed by atoms with Gasteiger partial charge >= 0.3 is 0 Å². The number of ether oxygens (including phenoxy) is 1. The zero-order valence-corrected chi connectivity index (χ0v) is 20.8. The van der Waals surface area contributed by atoms with E-state index >= 15 is 0 Å². The van der Waals surface area contributed by atoms with Crippen molar-refractivity contribution in [3.8, 4) is 5.75 Å². The van der Waals surface area contributed by atoms with Crippen LogP contribution in [0.1, 0.15) is 29.7 Å². The molecule has 9 heteroatoms. The van der Waals surface area contributed by atoms with Gasteiger partial charge in [-0.3, -0.25) is 4.79 Å². The SMILES string of the molecule is CC1=C(C(=O)Nc2cccc(C)c2)C(c2ccc(OCc3ccc(Br)cc3)cc2)n2nnnc2N1. The van der Waals surface area contributed by atoms with Crippen LogP contribution in [0.15, 0.2) is 88.5 Å². The smallest absolute Gasteiger partial charge is 0.255 e. The number of nitrogens with zero attached hydrogens (tertiary/aromatic N) is 4. The minimum Gasteiger partial charge on any atom is -0.489 e. The number of hydrogen-bond donors (Lipinski definition) is 2. The highest BCUT2D eigenvalue weighted by Gasteiger charge is 2.34. The van der Waals surface area contributed by atoms with Crippen molar-refractivity contribution < 1.29 is 9.53 Å². The van der Waals surface area contributed by atoms with E-state index in [1.165, 1.54) is 0 Å². The van der Waals surface area contributed by atoms with E-state index in [1.54, 1.807) is 4.68 Å². The molecule has 2 N–H and O–H groups in total. The first-order valence-corrected chi connectivity index (χ1v) is 11.9. The molecule has 1 amide bonds. The number of halogens is 1. The fourth-order valence-corrected chi connectivity index (χ4v) is 4.29. The molecule has 3 aromatic carbocycles. The molecule has 1 aromatic heterocycles. The minimum absolute atomic E-state index is 0.220. The maximum Gasteiger partial charge on any atom is 0.255 e. The molecule has 1 aliphatic heterocycles. The van der Waals surface area contributed by atoms with Crippen LogP contribution in [-0.2, 0) is 11.4 Å². The molecule has 35 heavy (non-hydrogen) atoms. The Bertz CT molecular complexity index is 1400. The van der Waals surface area contributed by atoms with Gasteiger partial charge in [-0.05, 0) is 77.4 Å². The van der Waals surface area contributed by atoms with Gasteiger partial charge in [0.15, 0.2) is 0 Å². The van der Waals surface area contributed by atoms with Crippen LogP contribution < -0.4 is 15.4 Å². The number of nitrogens with one attached hydrogen (secondary N) is 2. The summed E-state index contributed by atoms with van der Waals surface area (Å²) in [6, 6.07) is 22.9. The lowest BCUT2D eigenvalue weighted by Gasteiger charge is -2.28. The number of aryl methyl sites for hydroxylation is 1. The van der Waals surface area contributed by atoms with Crippen LogP contribution in [0, 0.1) is 6.92 Å². The van der Waals surface area contributed by atoms with Crippen molar-refractivity contribution in [3.63, 3.8) is 0 Å². The van der Waals surface area contributed by atoms with E-state index in [-0.39, 0.29) is 5.91 Å². The Morgan fingerprint density at radius 2 is 1.86 bits per heavy atom. The standard InChI is InChI=1S/C26H23BrN6O2/c1-16-4-3-5-21(14-16)29-25(34)23-17(2)28-26-30-31-32-33(26)24(23)19-8-12-22(13-9-19)35-15-18-6-10-20(27)11-7-18/h3-14,24H,15H2,1-2H3,(H,29,34)(H,28,30,32). The summed E-state index contributed by atoms with van der Waals surface area (Å²) >= 11 is 3.44. The van der Waals surface area contributed by atoms with Crippen molar-refractivity contribution in [2.75, 3.05) is 10.6 Å². The number of tetrazole rings is 1. The largest absolute Gasteiger partial charge is 0.489 e. The maximum absolute atomic E-state index is 13.4. The lowest BCUT2D eigenvalue weighted by atomic mass is 9.95. The highest BCUT2D eigenvalue weighted by molar-refractivity contribution is 9.10. The van der Waals surface area contributed by atoms with E-state index in [0.29, 0.717) is 23.8 Å². The summed E-state index contributed by atoms with van der Waals surface area (Å²) in [6.45, 7) is 4.30. The van der Waals surface area contributed by atoms with Crippen LogP contribution in [-0.4, -0.2) is 26.1 Å². The number of benzene rings is 3. The number of amides is 1. The first kappa shape index (κ1) is 22.8. The highest BCUT2D eigenvalue weighted by Crippen LogP contribution is 2.35. The van der Waals surface area contributed by atoms with Gasteiger partial charge in [-0.15, -0.1) is 0 Å². The minimum atomic E-state index is -0.494. The van der Waals surface area contributed by atoms with Crippen molar-refractivity contribution in [3.05, 3.63) is 105 Å². The lowest BCUT2D eigenvalue weighted by molar-refractivity contribution is -0.113. The van der Waals surface area contributed by atoms with Crippen LogP contribution in [0.5, 0.6) is 5.75 Å². The van der Waals surface area contributed by atoms with Gasteiger partial charge in [0.05, 0.1) is 5.57 Å². The second kappa shape index (κ2) is 9.71. The fraction of sp³-hybridized carbons (Fsp3) is 0.154. The average Bonchev–Trinajstić information content (AvgIpc) is 3.31. The van der Waals surface area contributed by atoms with Gasteiger partial charge in [-0.1, -0.05) is 57.4 Å². The van der Waals surface area contributed by atoms with Gasteiger partial charge in [0.1, 0.15) is 18.4 Å². The summed E-state index contributed by atoms with van der Waals surface area (Å²) in [5.74, 6) is 0.992. The number of allylic oxidation sites excluding steroid dienone is 1. The maximum atomic E-state index is 13.4. The fourth-order valence-electron chi connectivity index (χ4n) is 4.03. The predicted octanol–water partition coefficient (Wildman–Crippen LogP) is 5.25. The number of carbonyl (C=O) groups excluding carboxylic acids is 1. The first-order chi connectivity index (χ1) is 17.0. The number of fused-ring (bicyclic) bond motifs is 1. The number of carbonyl (C=O) groups is 1. The molecule has 4 aromatic rings. The lowest BCUT2D eigenvalue weighted by Crippen LogP contribution is -2.31. The third-order valence-electron chi connectivity index (χ3n) is 5.75. The zero-order chi connectivity index (χ0) is 24.4. The molecule has 1 aliphatic rings. The molecule has 1 unspecified atom stereocenters. The quantitative estimate of drug-likeness (QED) is 0.353. The summed E-state index contributed by atoms with van der Waals surface area (Å²) in [5, 5.41) is 18.2. The van der Waals surface area contributed by atoms with Gasteiger partial charge in [0.2, 0.25) is 5.95 Å². The van der Waals surface area contributed by atoms with E-state index in [9.17, 15) is 4.79 Å². The average molecular weight is 531 g/mol. The molecule has 0 radical (unpaired) electrons. The third-order valence-corrected chi connectivity index (χ3v) is 6.28. The molecule has 8 nitrogen and oxygen atoms in total. The molecule has 176 valence electrons. The monoisotopic (exact) mass is 530 g/mol. The van der Waals surface area contributed by atoms with Crippen molar-refractivity contribution >= 4 is 33.5 Å². The Morgan fingerprint density at radius 3 is 2.60 bits per heavy atom. The van der Waals surface area contributed by atoms with E-state index in [0.717, 1.165) is 32.6 Å². The molecule has 0 bridgehead atoms. The van der Waals surface area contributed by atoms with Crippen molar-refractivity contribution in [1.29, 1.82) is 0 Å². The highest BCUT2D eigenvalue weighted by atomic mass is 79.9. The number of rotatable bonds is 6. The number of aromatic nitrogens is 4. The molecule has 0 aliphatic carbocycles. The van der Waals surface area contributed by atoms with E-state index in [2.05, 4.69) is 42.1 Å². The first-order valence-electron chi connectivity index (χ1n) is 11.1. The van der Waals surface area contributed by atoms with Crippen molar-refractivity contribution in [2.45, 2.75) is 26.5 Å². The van der Waals surface area contributed by atoms with Crippen LogP contribution >= 0.6 is 15.9 Å². The summed E-state index contributed by atoms with van der Waals surface area (Å²) in [5.41, 5.74) is 4.96. The van der Waals surface area contributed by atoms with Gasteiger partial charge in [0.25, 0.3) is 5.91 Å². The number of anilines is 2. The van der Waals surface area contributed by atoms with Crippen LogP contribution in [0.3, 0.4) is 0 Å². The second-order valence-corrected chi connectivity index (χ2v) is 9.24. The van der Waals surface area contributed by atoms with Crippen LogP contribution in [0.2, 0.25) is 0 Å². The molecular formula is C26H23BrN6O2. The summed E-state index contributed by atoms with van der Waals surface area (Å²) in [4.78, 5) is 13.4. The predicted molar refractivity (Wildman–Crippen MR) is 137 cm³/mol. The van der Waals surface area contributed by atoms with Crippen molar-refractivity contribution in [2.24, 2.45) is 0 Å². The molecule has 0 saturated heterocycles. The Balaban J connectivity index is 1.40. The molecule has 5 rings (SSSR count). The number of hydrogen-bond acceptors (Lipinski definition) is 6. The Morgan fingerprint density at radius 1 is 1.09 bits per heavy atom. The summed E-state index contributed by atoms with van der Waals surface area (Å²) in [7, 11) is 0. The topological polar surface area (TPSA) is 94.0 Å². The van der Waals surface area contributed by atoms with E-state index in [4.69, 9.17) is 4.74 Å². The molecule has 1 atom stereocenters. The summed E-state index contributed by atoms with van der Waals surface area (Å²) < 4.78 is 8.60. The van der Waals surface area contributed by atoms with Crippen LogP contribution in [0.25, 0.3) is 0 Å². The molecule has 0 spiro atoms. The molecule has 2 heterocycles. The Hall–Kier alpha value is -3.98. The Kier molecular flexibility index (Phi) is 6.33. The second-order valence-electron chi connectivity index (χ2n) is 8.32. The van der Waals surface area contributed by atoms with Crippen LogP contribution in [0.4, 0.5) is 11.6 Å². The molecule has 0 fully saturated rings. The van der Waals surface area contributed by atoms with Gasteiger partial charge in [-0.2, -0.15) is 4.68 Å².